The highest BCUT2D eigenvalue weighted by Crippen LogP contribution is 2.34. The predicted octanol–water partition coefficient (Wildman–Crippen LogP) is 2.71. The van der Waals surface area contributed by atoms with Gasteiger partial charge in [0.25, 0.3) is 5.56 Å². The van der Waals surface area contributed by atoms with Crippen molar-refractivity contribution in [3.05, 3.63) is 91.5 Å². The van der Waals surface area contributed by atoms with E-state index >= 15 is 0 Å². The molecule has 194 valence electrons. The summed E-state index contributed by atoms with van der Waals surface area (Å²) < 4.78 is 84.4. The van der Waals surface area contributed by atoms with Crippen molar-refractivity contribution in [2.45, 2.75) is 12.7 Å². The molecule has 9 nitrogen and oxygen atoms in total. The number of hydrogen-bond donors (Lipinski definition) is 2. The van der Waals surface area contributed by atoms with Crippen LogP contribution in [0.3, 0.4) is 0 Å². The van der Waals surface area contributed by atoms with Crippen LogP contribution in [0.5, 0.6) is 0 Å². The number of urea groups is 1. The zero-order valence-corrected chi connectivity index (χ0v) is 18.3. The van der Waals surface area contributed by atoms with E-state index in [9.17, 15) is 50.6 Å². The van der Waals surface area contributed by atoms with E-state index in [1.54, 1.807) is 0 Å². The molecule has 1 aliphatic heterocycles. The van der Waals surface area contributed by atoms with Crippen molar-refractivity contribution in [1.29, 1.82) is 0 Å². The van der Waals surface area contributed by atoms with E-state index in [-0.39, 0.29) is 17.7 Å². The van der Waals surface area contributed by atoms with Crippen LogP contribution in [-0.2, 0) is 12.7 Å². The number of amides is 2. The first-order valence-corrected chi connectivity index (χ1v) is 10.3. The van der Waals surface area contributed by atoms with Gasteiger partial charge in [0.15, 0.2) is 11.6 Å². The normalized spacial score (nSPS) is 13.7. The zero-order chi connectivity index (χ0) is 27.2. The number of aromatic carboxylic acids is 1. The molecule has 0 radical (unpaired) electrons. The number of carbonyl (C=O) groups excluding carboxylic acids is 1. The Kier molecular flexibility index (Phi) is 6.31. The molecule has 0 aliphatic carbocycles. The summed E-state index contributed by atoms with van der Waals surface area (Å²) >= 11 is 0. The second kappa shape index (κ2) is 9.15. The van der Waals surface area contributed by atoms with Crippen LogP contribution < -0.4 is 21.5 Å². The number of alkyl halides is 3. The maximum atomic E-state index is 14.8. The molecule has 0 spiro atoms. The zero-order valence-electron chi connectivity index (χ0n) is 18.3. The fourth-order valence-corrected chi connectivity index (χ4v) is 3.90. The molecule has 2 aromatic carbocycles. The Morgan fingerprint density at radius 3 is 2.22 bits per heavy atom. The minimum absolute atomic E-state index is 0.0742. The van der Waals surface area contributed by atoms with Gasteiger partial charge in [-0.1, -0.05) is 12.1 Å². The van der Waals surface area contributed by atoms with Gasteiger partial charge in [0, 0.05) is 31.4 Å². The van der Waals surface area contributed by atoms with Crippen LogP contribution in [0.25, 0.3) is 5.69 Å². The van der Waals surface area contributed by atoms with Crippen molar-refractivity contribution in [1.82, 2.24) is 14.5 Å². The lowest BCUT2D eigenvalue weighted by Crippen LogP contribution is -2.42. The molecule has 1 aromatic heterocycles. The van der Waals surface area contributed by atoms with Gasteiger partial charge in [0.05, 0.1) is 17.8 Å². The molecule has 1 aliphatic rings. The average molecular weight is 528 g/mol. The Morgan fingerprint density at radius 2 is 1.68 bits per heavy atom. The quantitative estimate of drug-likeness (QED) is 0.495. The highest BCUT2D eigenvalue weighted by atomic mass is 19.4. The lowest BCUT2D eigenvalue weighted by Gasteiger charge is -2.18. The van der Waals surface area contributed by atoms with Gasteiger partial charge in [-0.3, -0.25) is 18.8 Å². The molecule has 15 heteroatoms. The van der Waals surface area contributed by atoms with E-state index in [0.717, 1.165) is 17.0 Å². The number of hydrogen-bond acceptors (Lipinski definition) is 4. The molecule has 2 N–H and O–H groups in total. The molecular weight excluding hydrogens is 514 g/mol. The summed E-state index contributed by atoms with van der Waals surface area (Å²) in [6.45, 7) is -1.18. The van der Waals surface area contributed by atoms with Gasteiger partial charge in [-0.15, -0.1) is 0 Å². The number of aromatic nitrogens is 2. The van der Waals surface area contributed by atoms with Gasteiger partial charge in [-0.25, -0.2) is 27.6 Å². The van der Waals surface area contributed by atoms with Crippen LogP contribution in [0, 0.1) is 17.5 Å². The smallest absolute Gasteiger partial charge is 0.419 e. The molecule has 3 aromatic rings. The third-order valence-electron chi connectivity index (χ3n) is 5.52. The van der Waals surface area contributed by atoms with Gasteiger partial charge < -0.3 is 10.4 Å². The fourth-order valence-electron chi connectivity index (χ4n) is 3.90. The summed E-state index contributed by atoms with van der Waals surface area (Å²) in [5.41, 5.74) is -8.14. The SMILES string of the molecule is O=C(O)c1cn(-c2cc(F)c(N3CCNC3=O)c(F)c2)c(=O)n(Cc2cccc(F)c2C(F)(F)F)c1=O. The van der Waals surface area contributed by atoms with Crippen LogP contribution in [0.1, 0.15) is 21.5 Å². The van der Waals surface area contributed by atoms with Crippen molar-refractivity contribution in [3.8, 4) is 5.69 Å². The molecule has 0 atom stereocenters. The van der Waals surface area contributed by atoms with E-state index in [1.165, 1.54) is 0 Å². The number of rotatable bonds is 5. The second-order valence-electron chi connectivity index (χ2n) is 7.81. The van der Waals surface area contributed by atoms with Gasteiger partial charge in [-0.05, 0) is 11.6 Å². The van der Waals surface area contributed by atoms with E-state index in [4.69, 9.17) is 0 Å². The minimum atomic E-state index is -5.22. The largest absolute Gasteiger partial charge is 0.477 e. The van der Waals surface area contributed by atoms with Crippen LogP contribution >= 0.6 is 0 Å². The van der Waals surface area contributed by atoms with Crippen molar-refractivity contribution < 1.29 is 41.0 Å². The Morgan fingerprint density at radius 1 is 1.03 bits per heavy atom. The first-order valence-electron chi connectivity index (χ1n) is 10.3. The average Bonchev–Trinajstić information content (AvgIpc) is 3.20. The molecule has 1 saturated heterocycles. The summed E-state index contributed by atoms with van der Waals surface area (Å²) in [5, 5.41) is 11.7. The highest BCUT2D eigenvalue weighted by Gasteiger charge is 2.37. The molecule has 0 unspecified atom stereocenters. The van der Waals surface area contributed by atoms with Crippen molar-refractivity contribution in [3.63, 3.8) is 0 Å². The van der Waals surface area contributed by atoms with Crippen molar-refractivity contribution in [2.75, 3.05) is 18.0 Å². The molecule has 2 heterocycles. The van der Waals surface area contributed by atoms with Gasteiger partial charge in [0.1, 0.15) is 17.1 Å². The topological polar surface area (TPSA) is 114 Å². The standard InChI is InChI=1S/C22H14F6N4O5/c23-13-3-1-2-10(16(13)22(26,27)28)8-32-18(33)12(19(34)35)9-31(21(32)37)11-6-14(24)17(15(25)7-11)30-5-4-29-20(30)36/h1-3,6-7,9H,4-5,8H2,(H,29,36)(H,34,35). The van der Waals surface area contributed by atoms with E-state index in [2.05, 4.69) is 5.32 Å². The maximum absolute atomic E-state index is 14.8. The van der Waals surface area contributed by atoms with E-state index in [1.807, 2.05) is 0 Å². The minimum Gasteiger partial charge on any atom is -0.477 e. The Hall–Kier alpha value is -4.56. The fraction of sp³-hybridized carbons (Fsp3) is 0.182. The van der Waals surface area contributed by atoms with Gasteiger partial charge >= 0.3 is 23.9 Å². The monoisotopic (exact) mass is 528 g/mol. The Balaban J connectivity index is 1.92. The number of benzene rings is 2. The molecule has 1 fully saturated rings. The number of nitrogens with one attached hydrogen (secondary N) is 1. The molecule has 0 bridgehead atoms. The number of carboxylic acid groups (broad SMARTS) is 1. The van der Waals surface area contributed by atoms with E-state index in [0.29, 0.717) is 29.0 Å². The summed E-state index contributed by atoms with van der Waals surface area (Å²) in [4.78, 5) is 49.9. The highest BCUT2D eigenvalue weighted by molar-refractivity contribution is 5.94. The first kappa shape index (κ1) is 25.5. The Labute approximate surface area is 201 Å². The van der Waals surface area contributed by atoms with Gasteiger partial charge in [0.2, 0.25) is 0 Å². The summed E-state index contributed by atoms with van der Waals surface area (Å²) in [5.74, 6) is -6.23. The third kappa shape index (κ3) is 4.54. The predicted molar refractivity (Wildman–Crippen MR) is 114 cm³/mol. The molecule has 2 amide bonds. The van der Waals surface area contributed by atoms with E-state index < -0.39 is 81.5 Å². The number of carbonyl (C=O) groups is 2. The number of halogens is 6. The van der Waals surface area contributed by atoms with Crippen molar-refractivity contribution in [2.24, 2.45) is 0 Å². The lowest BCUT2D eigenvalue weighted by molar-refractivity contribution is -0.140. The molecule has 0 saturated carbocycles. The van der Waals surface area contributed by atoms with Crippen LogP contribution in [0.2, 0.25) is 0 Å². The molecule has 4 rings (SSSR count). The van der Waals surface area contributed by atoms with Crippen molar-refractivity contribution >= 4 is 17.7 Å². The van der Waals surface area contributed by atoms with Gasteiger partial charge in [-0.2, -0.15) is 13.2 Å². The van der Waals surface area contributed by atoms with Crippen LogP contribution in [-0.4, -0.2) is 39.3 Å². The first-order chi connectivity index (χ1) is 17.3. The van der Waals surface area contributed by atoms with Crippen LogP contribution in [0.15, 0.2) is 46.1 Å². The summed E-state index contributed by atoms with van der Waals surface area (Å²) in [6, 6.07) is 2.55. The van der Waals surface area contributed by atoms with Crippen LogP contribution in [0.4, 0.5) is 36.8 Å². The molecule has 37 heavy (non-hydrogen) atoms. The number of carboxylic acids is 1. The second-order valence-corrected chi connectivity index (χ2v) is 7.81. The third-order valence-corrected chi connectivity index (χ3v) is 5.52. The maximum Gasteiger partial charge on any atom is 0.419 e. The number of anilines is 1. The lowest BCUT2D eigenvalue weighted by atomic mass is 10.1. The Bertz CT molecular complexity index is 1540. The summed E-state index contributed by atoms with van der Waals surface area (Å²) in [6.07, 6.45) is -4.77. The number of nitrogens with zero attached hydrogens (tertiary/aromatic N) is 3. The summed E-state index contributed by atoms with van der Waals surface area (Å²) in [7, 11) is 0. The molecular formula is C22H14F6N4O5.